The summed E-state index contributed by atoms with van der Waals surface area (Å²) >= 11 is 0. The molecule has 1 rings (SSSR count). The normalized spacial score (nSPS) is 10.5. The van der Waals surface area contributed by atoms with E-state index in [4.69, 9.17) is 0 Å². The van der Waals surface area contributed by atoms with E-state index < -0.39 is 27.1 Å². The van der Waals surface area contributed by atoms with Gasteiger partial charge in [-0.3, -0.25) is 25.0 Å². The summed E-state index contributed by atoms with van der Waals surface area (Å²) in [5, 5.41) is 24.4. The highest BCUT2D eigenvalue weighted by Gasteiger charge is 2.24. The van der Waals surface area contributed by atoms with E-state index in [0.29, 0.717) is 13.0 Å². The van der Waals surface area contributed by atoms with Gasteiger partial charge in [0.25, 0.3) is 17.3 Å². The monoisotopic (exact) mass is 310 g/mol. The third kappa shape index (κ3) is 4.48. The molecule has 1 N–H and O–H groups in total. The second kappa shape index (κ2) is 7.46. The molecule has 0 aliphatic heterocycles. The largest absolute Gasteiger partial charge is 0.352 e. The molecule has 0 saturated carbocycles. The van der Waals surface area contributed by atoms with E-state index in [2.05, 4.69) is 5.32 Å². The van der Waals surface area contributed by atoms with Crippen LogP contribution in [0.1, 0.15) is 22.3 Å². The molecular weight excluding hydrogens is 292 g/mol. The Kier molecular flexibility index (Phi) is 5.93. The van der Waals surface area contributed by atoms with Crippen molar-refractivity contribution in [1.29, 1.82) is 0 Å². The zero-order valence-electron chi connectivity index (χ0n) is 12.7. The van der Waals surface area contributed by atoms with Gasteiger partial charge in [0, 0.05) is 18.2 Å². The molecule has 0 saturated heterocycles. The third-order valence-electron chi connectivity index (χ3n) is 3.08. The topological polar surface area (TPSA) is 119 Å². The second-order valence-electron chi connectivity index (χ2n) is 5.06. The molecule has 0 radical (unpaired) electrons. The molecule has 0 spiro atoms. The highest BCUT2D eigenvalue weighted by Crippen LogP contribution is 2.27. The summed E-state index contributed by atoms with van der Waals surface area (Å²) < 4.78 is 0. The van der Waals surface area contributed by atoms with Gasteiger partial charge in [-0.05, 0) is 34.0 Å². The van der Waals surface area contributed by atoms with Crippen LogP contribution in [0.4, 0.5) is 11.4 Å². The van der Waals surface area contributed by atoms with Crippen molar-refractivity contribution in [3.63, 3.8) is 0 Å². The van der Waals surface area contributed by atoms with Crippen molar-refractivity contribution in [1.82, 2.24) is 10.2 Å². The SMILES string of the molecule is Cc1c(C(=O)NCCCN(C)C)cc([N+](=O)[O-])cc1[N+](=O)[O-]. The van der Waals surface area contributed by atoms with Gasteiger partial charge in [-0.1, -0.05) is 0 Å². The number of carbonyl (C=O) groups is 1. The lowest BCUT2D eigenvalue weighted by atomic mass is 10.0. The fraction of sp³-hybridized carbons (Fsp3) is 0.462. The Morgan fingerprint density at radius 3 is 2.36 bits per heavy atom. The smallest absolute Gasteiger partial charge is 0.279 e. The quantitative estimate of drug-likeness (QED) is 0.463. The first-order chi connectivity index (χ1) is 10.2. The summed E-state index contributed by atoms with van der Waals surface area (Å²) in [6.45, 7) is 2.55. The van der Waals surface area contributed by atoms with Gasteiger partial charge in [-0.2, -0.15) is 0 Å². The average molecular weight is 310 g/mol. The number of nitrogens with zero attached hydrogens (tertiary/aromatic N) is 3. The summed E-state index contributed by atoms with van der Waals surface area (Å²) in [5.74, 6) is -0.553. The Morgan fingerprint density at radius 1 is 1.23 bits per heavy atom. The minimum Gasteiger partial charge on any atom is -0.352 e. The lowest BCUT2D eigenvalue weighted by Gasteiger charge is -2.11. The van der Waals surface area contributed by atoms with Crippen LogP contribution in [-0.2, 0) is 0 Å². The molecule has 1 aromatic rings. The second-order valence-corrected chi connectivity index (χ2v) is 5.06. The molecule has 0 unspecified atom stereocenters. The van der Waals surface area contributed by atoms with Gasteiger partial charge in [0.2, 0.25) is 0 Å². The van der Waals surface area contributed by atoms with Crippen molar-refractivity contribution in [2.24, 2.45) is 0 Å². The number of benzene rings is 1. The predicted octanol–water partition coefficient (Wildman–Crippen LogP) is 1.49. The lowest BCUT2D eigenvalue weighted by molar-refractivity contribution is -0.394. The van der Waals surface area contributed by atoms with Crippen LogP contribution in [-0.4, -0.2) is 47.8 Å². The fourth-order valence-electron chi connectivity index (χ4n) is 1.91. The summed E-state index contributed by atoms with van der Waals surface area (Å²) in [5.41, 5.74) is -0.852. The zero-order chi connectivity index (χ0) is 16.9. The number of non-ortho nitro benzene ring substituents is 1. The van der Waals surface area contributed by atoms with E-state index in [1.165, 1.54) is 6.92 Å². The highest BCUT2D eigenvalue weighted by atomic mass is 16.6. The fourth-order valence-corrected chi connectivity index (χ4v) is 1.91. The predicted molar refractivity (Wildman–Crippen MR) is 80.0 cm³/mol. The first-order valence-corrected chi connectivity index (χ1v) is 6.60. The van der Waals surface area contributed by atoms with Crippen LogP contribution < -0.4 is 5.32 Å². The van der Waals surface area contributed by atoms with Crippen molar-refractivity contribution in [3.05, 3.63) is 43.5 Å². The molecule has 0 fully saturated rings. The maximum atomic E-state index is 12.1. The van der Waals surface area contributed by atoms with Gasteiger partial charge in [-0.15, -0.1) is 0 Å². The molecule has 0 aliphatic rings. The van der Waals surface area contributed by atoms with E-state index in [-0.39, 0.29) is 11.1 Å². The zero-order valence-corrected chi connectivity index (χ0v) is 12.7. The van der Waals surface area contributed by atoms with Gasteiger partial charge in [-0.25, -0.2) is 0 Å². The Balaban J connectivity index is 2.99. The number of amides is 1. The molecule has 9 nitrogen and oxygen atoms in total. The van der Waals surface area contributed by atoms with Crippen LogP contribution in [0.2, 0.25) is 0 Å². The lowest BCUT2D eigenvalue weighted by Crippen LogP contribution is -2.27. The average Bonchev–Trinajstić information content (AvgIpc) is 2.42. The van der Waals surface area contributed by atoms with Crippen molar-refractivity contribution in [2.75, 3.05) is 27.2 Å². The molecule has 0 bridgehead atoms. The first kappa shape index (κ1) is 17.5. The van der Waals surface area contributed by atoms with Gasteiger partial charge in [0.1, 0.15) is 0 Å². The Hall–Kier alpha value is -2.55. The summed E-state index contributed by atoms with van der Waals surface area (Å²) in [7, 11) is 3.80. The van der Waals surface area contributed by atoms with Crippen LogP contribution in [0.3, 0.4) is 0 Å². The van der Waals surface area contributed by atoms with E-state index in [1.54, 1.807) is 0 Å². The number of nitro groups is 2. The summed E-state index contributed by atoms with van der Waals surface area (Å²) in [6, 6.07) is 1.92. The molecule has 1 aromatic carbocycles. The maximum Gasteiger partial charge on any atom is 0.279 e. The van der Waals surface area contributed by atoms with Crippen LogP contribution in [0.5, 0.6) is 0 Å². The number of nitrogens with one attached hydrogen (secondary N) is 1. The van der Waals surface area contributed by atoms with Crippen molar-refractivity contribution >= 4 is 17.3 Å². The first-order valence-electron chi connectivity index (χ1n) is 6.60. The minimum atomic E-state index is -0.755. The van der Waals surface area contributed by atoms with E-state index in [9.17, 15) is 25.0 Å². The molecule has 0 aliphatic carbocycles. The molecule has 1 amide bonds. The number of nitro benzene ring substituents is 2. The van der Waals surface area contributed by atoms with Gasteiger partial charge < -0.3 is 10.2 Å². The molecule has 120 valence electrons. The van der Waals surface area contributed by atoms with Crippen LogP contribution in [0.15, 0.2) is 12.1 Å². The van der Waals surface area contributed by atoms with Gasteiger partial charge in [0.05, 0.1) is 21.5 Å². The van der Waals surface area contributed by atoms with Crippen molar-refractivity contribution in [2.45, 2.75) is 13.3 Å². The molecule has 9 heteroatoms. The minimum absolute atomic E-state index is 0.0502. The highest BCUT2D eigenvalue weighted by molar-refractivity contribution is 5.97. The Morgan fingerprint density at radius 2 is 1.86 bits per heavy atom. The number of carbonyl (C=O) groups excluding carboxylic acids is 1. The molecule has 0 atom stereocenters. The molecule has 22 heavy (non-hydrogen) atoms. The third-order valence-corrected chi connectivity index (χ3v) is 3.08. The van der Waals surface area contributed by atoms with E-state index in [0.717, 1.165) is 18.7 Å². The molecular formula is C13H18N4O5. The number of hydrogen-bond acceptors (Lipinski definition) is 6. The summed E-state index contributed by atoms with van der Waals surface area (Å²) in [4.78, 5) is 34.4. The van der Waals surface area contributed by atoms with Gasteiger partial charge >= 0.3 is 0 Å². The number of rotatable bonds is 7. The van der Waals surface area contributed by atoms with Crippen molar-refractivity contribution in [3.8, 4) is 0 Å². The number of hydrogen-bond donors (Lipinski definition) is 1. The Bertz CT molecular complexity index is 600. The van der Waals surface area contributed by atoms with Crippen LogP contribution in [0.25, 0.3) is 0 Å². The maximum absolute atomic E-state index is 12.1. The van der Waals surface area contributed by atoms with Crippen molar-refractivity contribution < 1.29 is 14.6 Å². The Labute approximate surface area is 127 Å². The van der Waals surface area contributed by atoms with E-state index >= 15 is 0 Å². The van der Waals surface area contributed by atoms with Crippen LogP contribution in [0, 0.1) is 27.2 Å². The molecule has 0 heterocycles. The van der Waals surface area contributed by atoms with Gasteiger partial charge in [0.15, 0.2) is 0 Å². The standard InChI is InChI=1S/C13H18N4O5/c1-9-11(13(18)14-5-4-6-15(2)3)7-10(16(19)20)8-12(9)17(21)22/h7-8H,4-6H2,1-3H3,(H,14,18). The van der Waals surface area contributed by atoms with Crippen LogP contribution >= 0.6 is 0 Å². The van der Waals surface area contributed by atoms with E-state index in [1.807, 2.05) is 19.0 Å². The summed E-state index contributed by atoms with van der Waals surface area (Å²) in [6.07, 6.45) is 0.703. The molecule has 0 aromatic heterocycles.